The number of halogens is 2. The van der Waals surface area contributed by atoms with E-state index in [0.717, 1.165) is 12.8 Å². The summed E-state index contributed by atoms with van der Waals surface area (Å²) in [6, 6.07) is 0.104. The summed E-state index contributed by atoms with van der Waals surface area (Å²) in [6.45, 7) is 4.82. The van der Waals surface area contributed by atoms with Crippen molar-refractivity contribution in [3.05, 3.63) is 0 Å². The SMILES string of the molecule is CCCCCCCCC(Br)C(Br)CCCCCCCC(=O)NC(C)COC. The molecule has 0 aliphatic carbocycles. The minimum atomic E-state index is 0.104. The zero-order chi connectivity index (χ0) is 20.3. The normalized spacial score (nSPS) is 14.7. The van der Waals surface area contributed by atoms with Crippen molar-refractivity contribution in [2.75, 3.05) is 13.7 Å². The van der Waals surface area contributed by atoms with Crippen molar-refractivity contribution < 1.29 is 9.53 Å². The molecular weight excluding hydrogens is 470 g/mol. The highest BCUT2D eigenvalue weighted by Gasteiger charge is 2.14. The zero-order valence-electron chi connectivity index (χ0n) is 17.9. The van der Waals surface area contributed by atoms with E-state index in [1.54, 1.807) is 7.11 Å². The molecule has 5 heteroatoms. The van der Waals surface area contributed by atoms with Crippen LogP contribution in [0.25, 0.3) is 0 Å². The second kappa shape index (κ2) is 19.7. The number of nitrogens with one attached hydrogen (secondary N) is 1. The standard InChI is InChI=1S/C22H43Br2NO2/c1-4-5-6-7-9-12-15-20(23)21(24)16-13-10-8-11-14-17-22(26)25-19(2)18-27-3/h19-21H,4-18H2,1-3H3,(H,25,26). The average molecular weight is 513 g/mol. The fraction of sp³-hybridized carbons (Fsp3) is 0.955. The molecular formula is C22H43Br2NO2. The average Bonchev–Trinajstić information content (AvgIpc) is 2.63. The quantitative estimate of drug-likeness (QED) is 0.147. The molecule has 0 aliphatic rings. The molecule has 0 aliphatic heterocycles. The predicted octanol–water partition coefficient (Wildman–Crippen LogP) is 7.15. The molecule has 3 atom stereocenters. The van der Waals surface area contributed by atoms with Gasteiger partial charge in [-0.05, 0) is 26.2 Å². The lowest BCUT2D eigenvalue weighted by molar-refractivity contribution is -0.122. The molecule has 3 nitrogen and oxygen atoms in total. The number of hydrogen-bond donors (Lipinski definition) is 1. The molecule has 27 heavy (non-hydrogen) atoms. The Morgan fingerprint density at radius 1 is 0.852 bits per heavy atom. The van der Waals surface area contributed by atoms with Crippen LogP contribution >= 0.6 is 31.9 Å². The van der Waals surface area contributed by atoms with Gasteiger partial charge in [-0.25, -0.2) is 0 Å². The molecule has 0 aromatic rings. The van der Waals surface area contributed by atoms with Crippen molar-refractivity contribution in [2.45, 2.75) is 119 Å². The van der Waals surface area contributed by atoms with Crippen LogP contribution in [-0.2, 0) is 9.53 Å². The number of unbranched alkanes of at least 4 members (excludes halogenated alkanes) is 9. The Morgan fingerprint density at radius 2 is 1.33 bits per heavy atom. The van der Waals surface area contributed by atoms with E-state index in [1.807, 2.05) is 6.92 Å². The van der Waals surface area contributed by atoms with Crippen molar-refractivity contribution in [1.29, 1.82) is 0 Å². The molecule has 1 N–H and O–H groups in total. The first-order valence-electron chi connectivity index (χ1n) is 11.1. The van der Waals surface area contributed by atoms with Crippen molar-refractivity contribution in [1.82, 2.24) is 5.32 Å². The van der Waals surface area contributed by atoms with Gasteiger partial charge in [-0.3, -0.25) is 4.79 Å². The van der Waals surface area contributed by atoms with E-state index < -0.39 is 0 Å². The molecule has 0 aromatic heterocycles. The Hall–Kier alpha value is 0.390. The summed E-state index contributed by atoms with van der Waals surface area (Å²) >= 11 is 7.73. The molecule has 0 heterocycles. The minimum absolute atomic E-state index is 0.104. The second-order valence-electron chi connectivity index (χ2n) is 7.82. The molecule has 0 rings (SSSR count). The molecule has 162 valence electrons. The minimum Gasteiger partial charge on any atom is -0.383 e. The van der Waals surface area contributed by atoms with Gasteiger partial charge in [0.15, 0.2) is 0 Å². The maximum atomic E-state index is 11.8. The van der Waals surface area contributed by atoms with Crippen LogP contribution in [0, 0.1) is 0 Å². The summed E-state index contributed by atoms with van der Waals surface area (Å²) in [5.74, 6) is 0.150. The molecule has 0 bridgehead atoms. The lowest BCUT2D eigenvalue weighted by Crippen LogP contribution is -2.35. The van der Waals surface area contributed by atoms with E-state index >= 15 is 0 Å². The Morgan fingerprint density at radius 3 is 1.85 bits per heavy atom. The van der Waals surface area contributed by atoms with Crippen LogP contribution in [0.1, 0.15) is 104 Å². The van der Waals surface area contributed by atoms with E-state index in [4.69, 9.17) is 4.74 Å². The number of alkyl halides is 2. The van der Waals surface area contributed by atoms with Gasteiger partial charge in [0.1, 0.15) is 0 Å². The third kappa shape index (κ3) is 18.2. The fourth-order valence-corrected chi connectivity index (χ4v) is 4.45. The Kier molecular flexibility index (Phi) is 20.0. The van der Waals surface area contributed by atoms with Gasteiger partial charge in [0, 0.05) is 29.2 Å². The first-order chi connectivity index (χ1) is 13.0. The van der Waals surface area contributed by atoms with Gasteiger partial charge in [0.2, 0.25) is 5.91 Å². The molecule has 0 fully saturated rings. The van der Waals surface area contributed by atoms with E-state index in [2.05, 4.69) is 44.1 Å². The van der Waals surface area contributed by atoms with Crippen LogP contribution in [0.15, 0.2) is 0 Å². The Bertz CT molecular complexity index is 342. The lowest BCUT2D eigenvalue weighted by atomic mass is 10.0. The summed E-state index contributed by atoms with van der Waals surface area (Å²) in [4.78, 5) is 12.9. The lowest BCUT2D eigenvalue weighted by Gasteiger charge is -2.16. The molecule has 0 spiro atoms. The third-order valence-electron chi connectivity index (χ3n) is 4.93. The summed E-state index contributed by atoms with van der Waals surface area (Å²) in [5, 5.41) is 2.97. The fourth-order valence-electron chi connectivity index (χ4n) is 3.28. The van der Waals surface area contributed by atoms with Crippen molar-refractivity contribution in [2.24, 2.45) is 0 Å². The summed E-state index contributed by atoms with van der Waals surface area (Å²) in [6.07, 6.45) is 17.3. The molecule has 0 aromatic carbocycles. The number of rotatable bonds is 19. The van der Waals surface area contributed by atoms with Gasteiger partial charge >= 0.3 is 0 Å². The van der Waals surface area contributed by atoms with E-state index in [-0.39, 0.29) is 11.9 Å². The number of hydrogen-bond acceptors (Lipinski definition) is 2. The van der Waals surface area contributed by atoms with Crippen LogP contribution in [-0.4, -0.2) is 35.3 Å². The highest BCUT2D eigenvalue weighted by Crippen LogP contribution is 2.25. The van der Waals surface area contributed by atoms with E-state index in [9.17, 15) is 4.79 Å². The predicted molar refractivity (Wildman–Crippen MR) is 125 cm³/mol. The smallest absolute Gasteiger partial charge is 0.220 e. The highest BCUT2D eigenvalue weighted by atomic mass is 79.9. The van der Waals surface area contributed by atoms with Crippen LogP contribution in [0.5, 0.6) is 0 Å². The monoisotopic (exact) mass is 511 g/mol. The topological polar surface area (TPSA) is 38.3 Å². The summed E-state index contributed by atoms with van der Waals surface area (Å²) < 4.78 is 5.03. The maximum absolute atomic E-state index is 11.8. The van der Waals surface area contributed by atoms with Crippen LogP contribution in [0.4, 0.5) is 0 Å². The highest BCUT2D eigenvalue weighted by molar-refractivity contribution is 9.12. The van der Waals surface area contributed by atoms with Crippen LogP contribution < -0.4 is 5.32 Å². The van der Waals surface area contributed by atoms with Gasteiger partial charge in [0.05, 0.1) is 6.61 Å². The molecule has 0 saturated heterocycles. The number of ether oxygens (including phenoxy) is 1. The van der Waals surface area contributed by atoms with Crippen molar-refractivity contribution >= 4 is 37.8 Å². The Labute approximate surface area is 185 Å². The molecule has 1 amide bonds. The second-order valence-corrected chi connectivity index (χ2v) is 10.2. The Balaban J connectivity index is 3.48. The largest absolute Gasteiger partial charge is 0.383 e. The van der Waals surface area contributed by atoms with Crippen molar-refractivity contribution in [3.8, 4) is 0 Å². The van der Waals surface area contributed by atoms with E-state index in [1.165, 1.54) is 70.6 Å². The van der Waals surface area contributed by atoms with Crippen LogP contribution in [0.2, 0.25) is 0 Å². The summed E-state index contributed by atoms with van der Waals surface area (Å²) in [5.41, 5.74) is 0. The first kappa shape index (κ1) is 27.4. The van der Waals surface area contributed by atoms with Gasteiger partial charge < -0.3 is 10.1 Å². The maximum Gasteiger partial charge on any atom is 0.220 e. The number of carbonyl (C=O) groups is 1. The van der Waals surface area contributed by atoms with Gasteiger partial charge in [-0.15, -0.1) is 0 Å². The first-order valence-corrected chi connectivity index (χ1v) is 12.9. The third-order valence-corrected chi connectivity index (χ3v) is 7.84. The number of amides is 1. The van der Waals surface area contributed by atoms with Gasteiger partial charge in [0.25, 0.3) is 0 Å². The van der Waals surface area contributed by atoms with Crippen LogP contribution in [0.3, 0.4) is 0 Å². The molecule has 0 radical (unpaired) electrons. The number of carbonyl (C=O) groups excluding carboxylic acids is 1. The van der Waals surface area contributed by atoms with Gasteiger partial charge in [-0.1, -0.05) is 103 Å². The van der Waals surface area contributed by atoms with Gasteiger partial charge in [-0.2, -0.15) is 0 Å². The molecule has 0 saturated carbocycles. The zero-order valence-corrected chi connectivity index (χ0v) is 21.1. The number of methoxy groups -OCH3 is 1. The summed E-state index contributed by atoms with van der Waals surface area (Å²) in [7, 11) is 1.66. The molecule has 3 unspecified atom stereocenters. The van der Waals surface area contributed by atoms with E-state index in [0.29, 0.717) is 22.7 Å². The van der Waals surface area contributed by atoms with Crippen molar-refractivity contribution in [3.63, 3.8) is 0 Å².